The van der Waals surface area contributed by atoms with Crippen LogP contribution in [0.25, 0.3) is 11.5 Å². The Kier molecular flexibility index (Phi) is 5.30. The molecule has 0 N–H and O–H groups in total. The maximum absolute atomic E-state index is 13.1. The Labute approximate surface area is 165 Å². The van der Waals surface area contributed by atoms with Crippen molar-refractivity contribution in [3.63, 3.8) is 0 Å². The number of carbonyl (C=O) groups excluding carboxylic acids is 1. The van der Waals surface area contributed by atoms with Gasteiger partial charge < -0.3 is 4.42 Å². The van der Waals surface area contributed by atoms with Crippen LogP contribution in [0.4, 0.5) is 4.39 Å². The first-order chi connectivity index (χ1) is 13.7. The molecule has 4 rings (SSSR count). The molecular weight excluding hydrogens is 375 g/mol. The van der Waals surface area contributed by atoms with E-state index in [1.807, 2.05) is 48.5 Å². The lowest BCUT2D eigenvalue weighted by Gasteiger charge is -2.14. The molecule has 0 fully saturated rings. The first-order valence-corrected chi connectivity index (χ1v) is 9.49. The van der Waals surface area contributed by atoms with Crippen LogP contribution in [0, 0.1) is 5.82 Å². The summed E-state index contributed by atoms with van der Waals surface area (Å²) in [6.45, 7) is 0. The largest absolute Gasteiger partial charge is 0.411 e. The third-order valence-electron chi connectivity index (χ3n) is 4.12. The molecule has 138 valence electrons. The third kappa shape index (κ3) is 4.02. The minimum atomic E-state index is -0.523. The number of thioether (sulfide) groups is 1. The zero-order chi connectivity index (χ0) is 19.3. The van der Waals surface area contributed by atoms with Gasteiger partial charge in [-0.15, -0.1) is 10.2 Å². The highest BCUT2D eigenvalue weighted by Gasteiger charge is 2.26. The fourth-order valence-corrected chi connectivity index (χ4v) is 3.67. The smallest absolute Gasteiger partial charge is 0.277 e. The predicted octanol–water partition coefficient (Wildman–Crippen LogP) is 5.59. The number of nitrogens with zero attached hydrogens (tertiary/aromatic N) is 2. The van der Waals surface area contributed by atoms with E-state index in [2.05, 4.69) is 10.2 Å². The van der Waals surface area contributed by atoms with Gasteiger partial charge in [-0.05, 0) is 41.6 Å². The van der Waals surface area contributed by atoms with Crippen LogP contribution in [-0.4, -0.2) is 16.0 Å². The van der Waals surface area contributed by atoms with Gasteiger partial charge in [0.2, 0.25) is 5.89 Å². The summed E-state index contributed by atoms with van der Waals surface area (Å²) >= 11 is 1.20. The maximum Gasteiger partial charge on any atom is 0.277 e. The van der Waals surface area contributed by atoms with Gasteiger partial charge in [-0.2, -0.15) is 0 Å². The number of halogens is 1. The molecule has 0 aliphatic rings. The molecule has 0 radical (unpaired) electrons. The van der Waals surface area contributed by atoms with Crippen molar-refractivity contribution in [2.24, 2.45) is 0 Å². The highest BCUT2D eigenvalue weighted by atomic mass is 32.2. The number of hydrogen-bond donors (Lipinski definition) is 0. The van der Waals surface area contributed by atoms with Crippen LogP contribution < -0.4 is 0 Å². The summed E-state index contributed by atoms with van der Waals surface area (Å²) in [5, 5.41) is 7.83. The van der Waals surface area contributed by atoms with E-state index < -0.39 is 5.25 Å². The number of Topliss-reactive ketones (excluding diaryl/α,β-unsaturated/α-hetero) is 1. The second-order valence-electron chi connectivity index (χ2n) is 6.02. The summed E-state index contributed by atoms with van der Waals surface area (Å²) in [6.07, 6.45) is 0. The number of carbonyl (C=O) groups is 1. The van der Waals surface area contributed by atoms with E-state index in [0.717, 1.165) is 5.56 Å². The molecule has 0 spiro atoms. The Morgan fingerprint density at radius 1 is 0.857 bits per heavy atom. The first-order valence-electron chi connectivity index (χ1n) is 8.61. The molecule has 3 aromatic carbocycles. The fraction of sp³-hybridized carbons (Fsp3) is 0.0455. The summed E-state index contributed by atoms with van der Waals surface area (Å²) in [5.74, 6) is -0.102. The average molecular weight is 390 g/mol. The zero-order valence-corrected chi connectivity index (χ0v) is 15.5. The van der Waals surface area contributed by atoms with Crippen molar-refractivity contribution in [3.8, 4) is 11.5 Å². The molecule has 1 aromatic heterocycles. The van der Waals surface area contributed by atoms with Gasteiger partial charge >= 0.3 is 0 Å². The van der Waals surface area contributed by atoms with Gasteiger partial charge in [0.25, 0.3) is 5.22 Å². The molecule has 0 saturated heterocycles. The quantitative estimate of drug-likeness (QED) is 0.317. The Bertz CT molecular complexity index is 1070. The zero-order valence-electron chi connectivity index (χ0n) is 14.7. The van der Waals surface area contributed by atoms with Gasteiger partial charge in [0, 0.05) is 11.1 Å². The van der Waals surface area contributed by atoms with Crippen LogP contribution in [0.15, 0.2) is 94.6 Å². The third-order valence-corrected chi connectivity index (χ3v) is 5.20. The van der Waals surface area contributed by atoms with Gasteiger partial charge in [0.05, 0.1) is 0 Å². The second-order valence-corrected chi connectivity index (χ2v) is 7.08. The van der Waals surface area contributed by atoms with Crippen molar-refractivity contribution in [1.29, 1.82) is 0 Å². The molecule has 28 heavy (non-hydrogen) atoms. The monoisotopic (exact) mass is 390 g/mol. The molecule has 4 aromatic rings. The Morgan fingerprint density at radius 3 is 2.18 bits per heavy atom. The van der Waals surface area contributed by atoms with E-state index in [-0.39, 0.29) is 22.7 Å². The number of benzene rings is 3. The van der Waals surface area contributed by atoms with Crippen molar-refractivity contribution in [2.45, 2.75) is 10.5 Å². The van der Waals surface area contributed by atoms with Crippen molar-refractivity contribution in [3.05, 3.63) is 102 Å². The van der Waals surface area contributed by atoms with Crippen LogP contribution in [0.2, 0.25) is 0 Å². The Balaban J connectivity index is 1.63. The molecule has 0 aliphatic carbocycles. The van der Waals surface area contributed by atoms with Gasteiger partial charge in [-0.3, -0.25) is 4.79 Å². The molecule has 0 unspecified atom stereocenters. The van der Waals surface area contributed by atoms with E-state index in [1.54, 1.807) is 24.3 Å². The lowest BCUT2D eigenvalue weighted by molar-refractivity contribution is 0.0989. The minimum absolute atomic E-state index is 0.0432. The standard InChI is InChI=1S/C22H15FN2O2S/c23-18-13-11-17(12-14-18)21-24-25-22(27-21)28-20(16-9-5-2-6-10-16)19(26)15-7-3-1-4-8-15/h1-14,20H/t20-/m0/s1. The van der Waals surface area contributed by atoms with Crippen LogP contribution in [0.1, 0.15) is 21.2 Å². The molecule has 0 amide bonds. The first kappa shape index (κ1) is 18.1. The highest BCUT2D eigenvalue weighted by Crippen LogP contribution is 2.38. The molecular formula is C22H15FN2O2S. The average Bonchev–Trinajstić information content (AvgIpc) is 3.22. The van der Waals surface area contributed by atoms with E-state index in [1.165, 1.54) is 23.9 Å². The van der Waals surface area contributed by atoms with E-state index in [0.29, 0.717) is 11.1 Å². The summed E-state index contributed by atoms with van der Waals surface area (Å²) in [4.78, 5) is 13.1. The van der Waals surface area contributed by atoms with Crippen molar-refractivity contribution in [1.82, 2.24) is 10.2 Å². The van der Waals surface area contributed by atoms with Crippen LogP contribution in [0.5, 0.6) is 0 Å². The SMILES string of the molecule is O=C(c1ccccc1)[C@@H](Sc1nnc(-c2ccc(F)cc2)o1)c1ccccc1. The minimum Gasteiger partial charge on any atom is -0.411 e. The van der Waals surface area contributed by atoms with Crippen LogP contribution in [-0.2, 0) is 0 Å². The molecule has 1 heterocycles. The van der Waals surface area contributed by atoms with Gasteiger partial charge in [-0.1, -0.05) is 60.7 Å². The summed E-state index contributed by atoms with van der Waals surface area (Å²) in [7, 11) is 0. The van der Waals surface area contributed by atoms with Crippen molar-refractivity contribution in [2.75, 3.05) is 0 Å². The molecule has 0 aliphatic heterocycles. The normalized spacial score (nSPS) is 11.9. The van der Waals surface area contributed by atoms with Gasteiger partial charge in [0.1, 0.15) is 11.1 Å². The number of hydrogen-bond acceptors (Lipinski definition) is 5. The summed E-state index contributed by atoms with van der Waals surface area (Å²) < 4.78 is 18.8. The van der Waals surface area contributed by atoms with Gasteiger partial charge in [-0.25, -0.2) is 4.39 Å². The summed E-state index contributed by atoms with van der Waals surface area (Å²) in [5.41, 5.74) is 2.08. The Hall–Kier alpha value is -3.25. The predicted molar refractivity (Wildman–Crippen MR) is 106 cm³/mol. The Morgan fingerprint density at radius 2 is 1.50 bits per heavy atom. The molecule has 0 bridgehead atoms. The number of aromatic nitrogens is 2. The molecule has 4 nitrogen and oxygen atoms in total. The molecule has 1 atom stereocenters. The second kappa shape index (κ2) is 8.19. The van der Waals surface area contributed by atoms with Gasteiger partial charge in [0.15, 0.2) is 5.78 Å². The number of ketones is 1. The lowest BCUT2D eigenvalue weighted by Crippen LogP contribution is -2.10. The van der Waals surface area contributed by atoms with E-state index in [9.17, 15) is 9.18 Å². The summed E-state index contributed by atoms with van der Waals surface area (Å²) in [6, 6.07) is 24.4. The topological polar surface area (TPSA) is 56.0 Å². The fourth-order valence-electron chi connectivity index (χ4n) is 2.72. The van der Waals surface area contributed by atoms with Crippen LogP contribution >= 0.6 is 11.8 Å². The number of rotatable bonds is 6. The van der Waals surface area contributed by atoms with Crippen LogP contribution in [0.3, 0.4) is 0 Å². The highest BCUT2D eigenvalue weighted by molar-refractivity contribution is 8.00. The van der Waals surface area contributed by atoms with Crippen molar-refractivity contribution >= 4 is 17.5 Å². The van der Waals surface area contributed by atoms with E-state index >= 15 is 0 Å². The molecule has 6 heteroatoms. The maximum atomic E-state index is 13.1. The van der Waals surface area contributed by atoms with Crippen molar-refractivity contribution < 1.29 is 13.6 Å². The lowest BCUT2D eigenvalue weighted by atomic mass is 10.0. The van der Waals surface area contributed by atoms with E-state index in [4.69, 9.17) is 4.42 Å². The molecule has 0 saturated carbocycles.